The van der Waals surface area contributed by atoms with E-state index in [4.69, 9.17) is 21.6 Å². The highest BCUT2D eigenvalue weighted by molar-refractivity contribution is 6.19. The minimum atomic E-state index is -4.44. The lowest BCUT2D eigenvalue weighted by molar-refractivity contribution is -0.137. The van der Waals surface area contributed by atoms with Crippen LogP contribution in [-0.2, 0) is 15.7 Å². The Bertz CT molecular complexity index is 578. The predicted octanol–water partition coefficient (Wildman–Crippen LogP) is 3.27. The second-order valence-corrected chi connectivity index (χ2v) is 3.87. The summed E-state index contributed by atoms with van der Waals surface area (Å²) < 4.78 is 40.2. The van der Waals surface area contributed by atoms with Crippen LogP contribution >= 0.6 is 11.6 Å². The van der Waals surface area contributed by atoms with Crippen molar-refractivity contribution in [1.29, 1.82) is 5.26 Å². The quantitative estimate of drug-likeness (QED) is 0.514. The molecule has 0 aliphatic rings. The maximum Gasteiger partial charge on any atom is 0.416 e. The Kier molecular flexibility index (Phi) is 13.4. The van der Waals surface area contributed by atoms with Crippen molar-refractivity contribution in [3.63, 3.8) is 0 Å². The molecular formula is C14H16ClF3N2O3. The van der Waals surface area contributed by atoms with Gasteiger partial charge in [0.2, 0.25) is 5.56 Å². The number of carbonyl (C=O) groups excluding carboxylic acids is 1. The van der Waals surface area contributed by atoms with Crippen LogP contribution in [0.3, 0.4) is 0 Å². The molecule has 128 valence electrons. The number of nitrogens with one attached hydrogen (secondary N) is 1. The topological polar surface area (TPSA) is 82.9 Å². The molecule has 0 fully saturated rings. The molecule has 1 N–H and O–H groups in total. The first-order valence-corrected chi connectivity index (χ1v) is 6.70. The summed E-state index contributed by atoms with van der Waals surface area (Å²) in [6, 6.07) is 3.02. The first-order chi connectivity index (χ1) is 10.7. The molecule has 0 bridgehead atoms. The first kappa shape index (κ1) is 23.0. The van der Waals surface area contributed by atoms with Gasteiger partial charge in [-0.25, -0.2) is 0 Å². The molecule has 5 nitrogen and oxygen atoms in total. The van der Waals surface area contributed by atoms with Crippen LogP contribution in [0.5, 0.6) is 0 Å². The lowest BCUT2D eigenvalue weighted by atomic mass is 10.3. The molecule has 0 radical (unpaired) electrons. The number of ether oxygens (including phenoxy) is 1. The summed E-state index contributed by atoms with van der Waals surface area (Å²) in [5.41, 5.74) is -1.68. The van der Waals surface area contributed by atoms with E-state index in [1.54, 1.807) is 6.07 Å². The highest BCUT2D eigenvalue weighted by Gasteiger charge is 2.30. The Hall–Kier alpha value is -2.27. The molecule has 0 aliphatic carbocycles. The number of nitrogens with zero attached hydrogens (tertiary/aromatic N) is 1. The van der Waals surface area contributed by atoms with Gasteiger partial charge in [0.15, 0.2) is 5.78 Å². The number of hydrogen-bond donors (Lipinski definition) is 1. The zero-order chi connectivity index (χ0) is 18.3. The Morgan fingerprint density at radius 2 is 2.09 bits per heavy atom. The third-order valence-corrected chi connectivity index (χ3v) is 1.85. The number of allylic oxidation sites excluding steroid dienone is 1. The highest BCUT2D eigenvalue weighted by atomic mass is 35.5. The normalized spacial score (nSPS) is 9.78. The predicted molar refractivity (Wildman–Crippen MR) is 79.8 cm³/mol. The SMILES string of the molecule is CCO/C=C/C(C)=O.N#CCCl.O=c1cc(C(F)(F)F)cc[nH]1. The van der Waals surface area contributed by atoms with Gasteiger partial charge in [-0.05, 0) is 19.9 Å². The molecule has 0 aliphatic heterocycles. The average Bonchev–Trinajstić information content (AvgIpc) is 2.47. The van der Waals surface area contributed by atoms with Crippen molar-refractivity contribution in [2.24, 2.45) is 0 Å². The lowest BCUT2D eigenvalue weighted by Gasteiger charge is -2.03. The second kappa shape index (κ2) is 13.4. The van der Waals surface area contributed by atoms with E-state index >= 15 is 0 Å². The van der Waals surface area contributed by atoms with Crippen LogP contribution in [0.1, 0.15) is 19.4 Å². The fraction of sp³-hybridized carbons (Fsp3) is 0.357. The van der Waals surface area contributed by atoms with Crippen LogP contribution < -0.4 is 5.56 Å². The van der Waals surface area contributed by atoms with Crippen LogP contribution in [-0.4, -0.2) is 23.3 Å². The largest absolute Gasteiger partial charge is 0.501 e. The zero-order valence-corrected chi connectivity index (χ0v) is 13.2. The molecule has 1 rings (SSSR count). The van der Waals surface area contributed by atoms with Gasteiger partial charge in [-0.3, -0.25) is 9.59 Å². The number of alkyl halides is 4. The number of rotatable bonds is 3. The summed E-state index contributed by atoms with van der Waals surface area (Å²) >= 11 is 4.82. The Morgan fingerprint density at radius 3 is 2.39 bits per heavy atom. The van der Waals surface area contributed by atoms with Gasteiger partial charge in [0.25, 0.3) is 0 Å². The maximum absolute atomic E-state index is 11.8. The van der Waals surface area contributed by atoms with Crippen LogP contribution in [0.25, 0.3) is 0 Å². The monoisotopic (exact) mass is 352 g/mol. The van der Waals surface area contributed by atoms with E-state index in [1.165, 1.54) is 19.3 Å². The molecule has 0 amide bonds. The number of carbonyl (C=O) groups is 1. The minimum absolute atomic E-state index is 0.0125. The Balaban J connectivity index is 0. The first-order valence-electron chi connectivity index (χ1n) is 6.16. The van der Waals surface area contributed by atoms with E-state index < -0.39 is 17.3 Å². The standard InChI is InChI=1S/C6H4F3NO.C6H10O2.C2H2ClN/c7-6(8,9)4-1-2-10-5(11)3-4;1-3-8-5-4-6(2)7;3-1-2-4/h1-3H,(H,10,11);4-5H,3H2,1-2H3;1H2/b;5-4+;. The second-order valence-electron chi connectivity index (χ2n) is 3.60. The van der Waals surface area contributed by atoms with Crippen LogP contribution in [0.2, 0.25) is 0 Å². The molecule has 0 unspecified atom stereocenters. The van der Waals surface area contributed by atoms with Crippen molar-refractivity contribution in [1.82, 2.24) is 4.98 Å². The van der Waals surface area contributed by atoms with Crippen molar-refractivity contribution in [3.8, 4) is 6.07 Å². The summed E-state index contributed by atoms with van der Waals surface area (Å²) in [5, 5.41) is 7.49. The van der Waals surface area contributed by atoms with Crippen molar-refractivity contribution >= 4 is 17.4 Å². The molecule has 9 heteroatoms. The summed E-state index contributed by atoms with van der Waals surface area (Å²) in [5.74, 6) is 0.110. The number of aromatic amines is 1. The van der Waals surface area contributed by atoms with E-state index in [0.717, 1.165) is 12.3 Å². The third kappa shape index (κ3) is 15.9. The van der Waals surface area contributed by atoms with E-state index in [1.807, 2.05) is 6.92 Å². The number of halogens is 4. The van der Waals surface area contributed by atoms with E-state index in [2.05, 4.69) is 4.98 Å². The van der Waals surface area contributed by atoms with Crippen molar-refractivity contribution < 1.29 is 22.7 Å². The molecule has 1 heterocycles. The summed E-state index contributed by atoms with van der Waals surface area (Å²) in [6.07, 6.45) is -0.675. The number of nitriles is 1. The van der Waals surface area contributed by atoms with Gasteiger partial charge in [0.1, 0.15) is 5.88 Å². The van der Waals surface area contributed by atoms with Gasteiger partial charge in [-0.15, -0.1) is 11.6 Å². The molecule has 0 aromatic carbocycles. The molecule has 1 aromatic heterocycles. The van der Waals surface area contributed by atoms with Crippen molar-refractivity contribution in [2.45, 2.75) is 20.0 Å². The fourth-order valence-corrected chi connectivity index (χ4v) is 0.861. The van der Waals surface area contributed by atoms with Gasteiger partial charge < -0.3 is 9.72 Å². The van der Waals surface area contributed by atoms with Crippen LogP contribution in [0.4, 0.5) is 13.2 Å². The summed E-state index contributed by atoms with van der Waals surface area (Å²) in [4.78, 5) is 22.6. The van der Waals surface area contributed by atoms with Crippen LogP contribution in [0.15, 0.2) is 35.5 Å². The van der Waals surface area contributed by atoms with Crippen molar-refractivity contribution in [2.75, 3.05) is 12.5 Å². The van der Waals surface area contributed by atoms with Gasteiger partial charge in [0.05, 0.1) is 24.5 Å². The van der Waals surface area contributed by atoms with E-state index in [9.17, 15) is 22.8 Å². The summed E-state index contributed by atoms with van der Waals surface area (Å²) in [7, 11) is 0. The number of aromatic nitrogens is 1. The molecule has 1 aromatic rings. The van der Waals surface area contributed by atoms with Crippen LogP contribution in [0, 0.1) is 11.3 Å². The molecule has 0 saturated carbocycles. The van der Waals surface area contributed by atoms with Gasteiger partial charge in [-0.1, -0.05) is 0 Å². The molecule has 0 spiro atoms. The van der Waals surface area contributed by atoms with Crippen molar-refractivity contribution in [3.05, 3.63) is 46.6 Å². The fourth-order valence-electron chi connectivity index (χ4n) is 0.861. The van der Waals surface area contributed by atoms with E-state index in [0.29, 0.717) is 12.7 Å². The Labute approximate surface area is 136 Å². The number of hydrogen-bond acceptors (Lipinski definition) is 4. The average molecular weight is 353 g/mol. The molecule has 23 heavy (non-hydrogen) atoms. The Morgan fingerprint density at radius 1 is 1.52 bits per heavy atom. The maximum atomic E-state index is 11.8. The zero-order valence-electron chi connectivity index (χ0n) is 12.5. The van der Waals surface area contributed by atoms with Gasteiger partial charge >= 0.3 is 6.18 Å². The number of pyridine rings is 1. The highest BCUT2D eigenvalue weighted by Crippen LogP contribution is 2.27. The number of ketones is 1. The smallest absolute Gasteiger partial charge is 0.416 e. The lowest BCUT2D eigenvalue weighted by Crippen LogP contribution is -2.11. The summed E-state index contributed by atoms with van der Waals surface area (Å²) in [6.45, 7) is 3.96. The molecule has 0 atom stereocenters. The third-order valence-electron chi connectivity index (χ3n) is 1.73. The molecular weight excluding hydrogens is 337 g/mol. The number of H-pyrrole nitrogens is 1. The molecule has 0 saturated heterocycles. The van der Waals surface area contributed by atoms with Gasteiger partial charge in [-0.2, -0.15) is 18.4 Å². The van der Waals surface area contributed by atoms with Gasteiger partial charge in [0, 0.05) is 18.3 Å². The van der Waals surface area contributed by atoms with E-state index in [-0.39, 0.29) is 11.7 Å². The minimum Gasteiger partial charge on any atom is -0.501 e.